The number of methoxy groups -OCH3 is 1. The number of ether oxygens (including phenoxy) is 1. The second-order valence-electron chi connectivity index (χ2n) is 5.19. The van der Waals surface area contributed by atoms with Gasteiger partial charge in [0.1, 0.15) is 0 Å². The first-order valence-electron chi connectivity index (χ1n) is 6.87. The number of aliphatic hydroxyl groups is 1. The highest BCUT2D eigenvalue weighted by Crippen LogP contribution is 2.09. The lowest BCUT2D eigenvalue weighted by molar-refractivity contribution is 0.0246. The number of hydrogen-bond acceptors (Lipinski definition) is 6. The molecule has 1 aromatic carbocycles. The fraction of sp³-hybridized carbons (Fsp3) is 0.500. The van der Waals surface area contributed by atoms with Gasteiger partial charge in [0.15, 0.2) is 5.82 Å². The van der Waals surface area contributed by atoms with Gasteiger partial charge >= 0.3 is 0 Å². The predicted molar refractivity (Wildman–Crippen MR) is 78.0 cm³/mol. The molecule has 0 radical (unpaired) electrons. The Kier molecular flexibility index (Phi) is 5.38. The van der Waals surface area contributed by atoms with Crippen molar-refractivity contribution in [1.82, 2.24) is 25.5 Å². The smallest absolute Gasteiger partial charge is 0.170 e. The van der Waals surface area contributed by atoms with Crippen molar-refractivity contribution in [2.24, 2.45) is 0 Å². The molecule has 114 valence electrons. The van der Waals surface area contributed by atoms with Crippen LogP contribution >= 0.6 is 0 Å². The molecule has 7 heteroatoms. The van der Waals surface area contributed by atoms with Gasteiger partial charge in [0.05, 0.1) is 17.8 Å². The zero-order valence-electron chi connectivity index (χ0n) is 12.4. The average molecular weight is 291 g/mol. The number of hydrogen-bond donors (Lipinski definition) is 2. The number of tetrazole rings is 1. The Morgan fingerprint density at radius 1 is 1.33 bits per heavy atom. The van der Waals surface area contributed by atoms with Crippen LogP contribution in [0.3, 0.4) is 0 Å². The van der Waals surface area contributed by atoms with Crippen molar-refractivity contribution in [2.45, 2.75) is 25.5 Å². The SMILES string of the molecule is COCCC(C)(O)CNCc1nnnn1-c1ccccc1. The molecule has 0 saturated heterocycles. The van der Waals surface area contributed by atoms with Crippen molar-refractivity contribution < 1.29 is 9.84 Å². The summed E-state index contributed by atoms with van der Waals surface area (Å²) in [7, 11) is 1.62. The minimum Gasteiger partial charge on any atom is -0.389 e. The van der Waals surface area contributed by atoms with Crippen LogP contribution in [-0.4, -0.2) is 51.2 Å². The molecule has 0 aliphatic heterocycles. The Morgan fingerprint density at radius 2 is 2.10 bits per heavy atom. The molecule has 1 aromatic heterocycles. The lowest BCUT2D eigenvalue weighted by atomic mass is 10.0. The van der Waals surface area contributed by atoms with Gasteiger partial charge in [-0.15, -0.1) is 5.10 Å². The van der Waals surface area contributed by atoms with E-state index in [1.54, 1.807) is 18.7 Å². The summed E-state index contributed by atoms with van der Waals surface area (Å²) in [5.74, 6) is 0.698. The van der Waals surface area contributed by atoms with Crippen molar-refractivity contribution in [3.8, 4) is 5.69 Å². The number of nitrogens with one attached hydrogen (secondary N) is 1. The van der Waals surface area contributed by atoms with Gasteiger partial charge in [0, 0.05) is 26.7 Å². The molecule has 0 aliphatic carbocycles. The number of benzene rings is 1. The Labute approximate surface area is 123 Å². The van der Waals surface area contributed by atoms with Crippen LogP contribution in [0.1, 0.15) is 19.2 Å². The van der Waals surface area contributed by atoms with Gasteiger partial charge < -0.3 is 15.2 Å². The molecule has 1 heterocycles. The van der Waals surface area contributed by atoms with Gasteiger partial charge in [-0.3, -0.25) is 0 Å². The third-order valence-electron chi connectivity index (χ3n) is 3.17. The van der Waals surface area contributed by atoms with E-state index in [9.17, 15) is 5.11 Å². The van der Waals surface area contributed by atoms with E-state index in [1.807, 2.05) is 30.3 Å². The Hall–Kier alpha value is -1.83. The third-order valence-corrected chi connectivity index (χ3v) is 3.17. The van der Waals surface area contributed by atoms with Crippen molar-refractivity contribution in [1.29, 1.82) is 0 Å². The Morgan fingerprint density at radius 3 is 2.81 bits per heavy atom. The first-order valence-corrected chi connectivity index (χ1v) is 6.87. The van der Waals surface area contributed by atoms with Crippen LogP contribution in [-0.2, 0) is 11.3 Å². The summed E-state index contributed by atoms with van der Waals surface area (Å²) in [6, 6.07) is 9.69. The molecule has 0 saturated carbocycles. The largest absolute Gasteiger partial charge is 0.389 e. The maximum Gasteiger partial charge on any atom is 0.170 e. The lowest BCUT2D eigenvalue weighted by Crippen LogP contribution is -2.38. The molecule has 0 spiro atoms. The normalized spacial score (nSPS) is 14.0. The second kappa shape index (κ2) is 7.26. The Bertz CT molecular complexity index is 541. The molecule has 0 bridgehead atoms. The Balaban J connectivity index is 1.92. The summed E-state index contributed by atoms with van der Waals surface area (Å²) in [5, 5.41) is 25.0. The molecule has 0 aliphatic rings. The average Bonchev–Trinajstić information content (AvgIpc) is 2.94. The molecule has 2 aromatic rings. The molecule has 1 atom stereocenters. The fourth-order valence-electron chi connectivity index (χ4n) is 1.94. The van der Waals surface area contributed by atoms with Gasteiger partial charge in [0.25, 0.3) is 0 Å². The standard InChI is InChI=1S/C14H21N5O2/c1-14(20,8-9-21-2)11-15-10-13-16-17-18-19(13)12-6-4-3-5-7-12/h3-7,15,20H,8-11H2,1-2H3. The number of nitrogens with zero attached hydrogens (tertiary/aromatic N) is 4. The summed E-state index contributed by atoms with van der Waals surface area (Å²) in [5.41, 5.74) is 0.0894. The van der Waals surface area contributed by atoms with Crippen LogP contribution in [0.5, 0.6) is 0 Å². The van der Waals surface area contributed by atoms with E-state index in [1.165, 1.54) is 0 Å². The van der Waals surface area contributed by atoms with Crippen LogP contribution in [0, 0.1) is 0 Å². The van der Waals surface area contributed by atoms with E-state index in [2.05, 4.69) is 20.8 Å². The quantitative estimate of drug-likeness (QED) is 0.738. The summed E-state index contributed by atoms with van der Waals surface area (Å²) >= 11 is 0. The van der Waals surface area contributed by atoms with E-state index in [4.69, 9.17) is 4.74 Å². The van der Waals surface area contributed by atoms with Crippen LogP contribution < -0.4 is 5.32 Å². The predicted octanol–water partition coefficient (Wildman–Crippen LogP) is 0.539. The molecule has 1 unspecified atom stereocenters. The molecule has 0 fully saturated rings. The number of rotatable bonds is 8. The van der Waals surface area contributed by atoms with Crippen molar-refractivity contribution in [3.63, 3.8) is 0 Å². The molecule has 7 nitrogen and oxygen atoms in total. The van der Waals surface area contributed by atoms with Gasteiger partial charge in [-0.05, 0) is 29.5 Å². The first kappa shape index (κ1) is 15.6. The van der Waals surface area contributed by atoms with Crippen molar-refractivity contribution in [3.05, 3.63) is 36.2 Å². The molecule has 2 N–H and O–H groups in total. The zero-order valence-corrected chi connectivity index (χ0v) is 12.4. The molecule has 21 heavy (non-hydrogen) atoms. The van der Waals surface area contributed by atoms with Crippen LogP contribution in [0.15, 0.2) is 30.3 Å². The summed E-state index contributed by atoms with van der Waals surface area (Å²) < 4.78 is 6.66. The van der Waals surface area contributed by atoms with Gasteiger partial charge in [-0.2, -0.15) is 4.68 Å². The summed E-state index contributed by atoms with van der Waals surface area (Å²) in [6.07, 6.45) is 0.570. The van der Waals surface area contributed by atoms with Gasteiger partial charge in [0.2, 0.25) is 0 Å². The third kappa shape index (κ3) is 4.59. The van der Waals surface area contributed by atoms with E-state index >= 15 is 0 Å². The monoisotopic (exact) mass is 291 g/mol. The molecular weight excluding hydrogens is 270 g/mol. The minimum absolute atomic E-state index is 0.442. The fourth-order valence-corrected chi connectivity index (χ4v) is 1.94. The lowest BCUT2D eigenvalue weighted by Gasteiger charge is -2.23. The second-order valence-corrected chi connectivity index (χ2v) is 5.19. The number of para-hydroxylation sites is 1. The highest BCUT2D eigenvalue weighted by molar-refractivity contribution is 5.30. The maximum atomic E-state index is 10.2. The van der Waals surface area contributed by atoms with E-state index in [0.29, 0.717) is 31.9 Å². The molecular formula is C14H21N5O2. The maximum absolute atomic E-state index is 10.2. The van der Waals surface area contributed by atoms with E-state index < -0.39 is 5.60 Å². The van der Waals surface area contributed by atoms with E-state index in [-0.39, 0.29) is 0 Å². The van der Waals surface area contributed by atoms with Crippen LogP contribution in [0.4, 0.5) is 0 Å². The first-order chi connectivity index (χ1) is 10.1. The highest BCUT2D eigenvalue weighted by atomic mass is 16.5. The minimum atomic E-state index is -0.818. The highest BCUT2D eigenvalue weighted by Gasteiger charge is 2.19. The van der Waals surface area contributed by atoms with Gasteiger partial charge in [-0.25, -0.2) is 0 Å². The van der Waals surface area contributed by atoms with Crippen LogP contribution in [0.25, 0.3) is 5.69 Å². The topological polar surface area (TPSA) is 85.1 Å². The van der Waals surface area contributed by atoms with E-state index in [0.717, 1.165) is 5.69 Å². The summed E-state index contributed by atoms with van der Waals surface area (Å²) in [6.45, 7) is 3.22. The van der Waals surface area contributed by atoms with Crippen LogP contribution in [0.2, 0.25) is 0 Å². The zero-order chi connectivity index (χ0) is 15.1. The molecule has 2 rings (SSSR count). The van der Waals surface area contributed by atoms with Crippen molar-refractivity contribution >= 4 is 0 Å². The number of aromatic nitrogens is 4. The van der Waals surface area contributed by atoms with Gasteiger partial charge in [-0.1, -0.05) is 18.2 Å². The van der Waals surface area contributed by atoms with Crippen molar-refractivity contribution in [2.75, 3.05) is 20.3 Å². The summed E-state index contributed by atoms with van der Waals surface area (Å²) in [4.78, 5) is 0. The molecule has 0 amide bonds.